The van der Waals surface area contributed by atoms with Crippen molar-refractivity contribution in [3.8, 4) is 17.0 Å². The number of nitrogens with zero attached hydrogens (tertiary/aromatic N) is 3. The minimum absolute atomic E-state index is 0.0306. The number of imidazole rings is 1. The van der Waals surface area contributed by atoms with Crippen LogP contribution >= 0.6 is 11.3 Å². The molecule has 1 N–H and O–H groups in total. The number of fused-ring (bicyclic) bond motifs is 3. The van der Waals surface area contributed by atoms with Gasteiger partial charge in [-0.25, -0.2) is 4.98 Å². The zero-order chi connectivity index (χ0) is 21.9. The van der Waals surface area contributed by atoms with Crippen LogP contribution in [-0.2, 0) is 4.74 Å². The molecule has 3 heterocycles. The molecule has 166 valence electrons. The van der Waals surface area contributed by atoms with Crippen molar-refractivity contribution in [2.75, 3.05) is 46.5 Å². The fraction of sp³-hybridized carbons (Fsp3) is 0.333. The molecule has 8 heteroatoms. The van der Waals surface area contributed by atoms with Crippen LogP contribution < -0.4 is 10.1 Å². The third-order valence-electron chi connectivity index (χ3n) is 5.76. The summed E-state index contributed by atoms with van der Waals surface area (Å²) in [4.78, 5) is 20.7. The Morgan fingerprint density at radius 2 is 2.09 bits per heavy atom. The maximum Gasteiger partial charge on any atom is 0.251 e. The Morgan fingerprint density at radius 3 is 2.94 bits per heavy atom. The Morgan fingerprint density at radius 1 is 1.22 bits per heavy atom. The summed E-state index contributed by atoms with van der Waals surface area (Å²) in [7, 11) is 1.66. The average Bonchev–Trinajstić information content (AvgIpc) is 3.40. The van der Waals surface area contributed by atoms with Crippen molar-refractivity contribution in [1.82, 2.24) is 19.6 Å². The normalized spacial score (nSPS) is 14.8. The first-order valence-electron chi connectivity index (χ1n) is 10.9. The van der Waals surface area contributed by atoms with Crippen molar-refractivity contribution in [3.63, 3.8) is 0 Å². The lowest BCUT2D eigenvalue weighted by Crippen LogP contribution is -2.38. The molecule has 0 spiro atoms. The number of ether oxygens (including phenoxy) is 2. The van der Waals surface area contributed by atoms with Gasteiger partial charge in [-0.3, -0.25) is 14.1 Å². The summed E-state index contributed by atoms with van der Waals surface area (Å²) in [5.41, 5.74) is 3.65. The first-order chi connectivity index (χ1) is 15.7. The van der Waals surface area contributed by atoms with Gasteiger partial charge in [-0.2, -0.15) is 0 Å². The van der Waals surface area contributed by atoms with Gasteiger partial charge in [0.2, 0.25) is 0 Å². The quantitative estimate of drug-likeness (QED) is 0.435. The topological polar surface area (TPSA) is 68.1 Å². The fourth-order valence-corrected chi connectivity index (χ4v) is 5.04. The Hall–Kier alpha value is -2.94. The molecule has 0 atom stereocenters. The first kappa shape index (κ1) is 20.9. The highest BCUT2D eigenvalue weighted by Gasteiger charge is 2.14. The van der Waals surface area contributed by atoms with Crippen molar-refractivity contribution in [1.29, 1.82) is 0 Å². The van der Waals surface area contributed by atoms with Gasteiger partial charge in [0.1, 0.15) is 5.75 Å². The molecule has 5 rings (SSSR count). The number of methoxy groups -OCH3 is 1. The highest BCUT2D eigenvalue weighted by Crippen LogP contribution is 2.31. The molecule has 0 aliphatic carbocycles. The fourth-order valence-electron chi connectivity index (χ4n) is 4.00. The van der Waals surface area contributed by atoms with Crippen molar-refractivity contribution in [2.24, 2.45) is 0 Å². The highest BCUT2D eigenvalue weighted by atomic mass is 32.1. The van der Waals surface area contributed by atoms with Crippen LogP contribution in [0.1, 0.15) is 16.8 Å². The molecule has 1 aliphatic heterocycles. The molecule has 2 aromatic heterocycles. The lowest BCUT2D eigenvalue weighted by molar-refractivity contribution is 0.0374. The number of hydrogen-bond donors (Lipinski definition) is 1. The minimum atomic E-state index is -0.0306. The summed E-state index contributed by atoms with van der Waals surface area (Å²) in [6.45, 7) is 5.22. The number of thiazole rings is 1. The van der Waals surface area contributed by atoms with E-state index in [1.807, 2.05) is 48.7 Å². The number of carbonyl (C=O) groups excluding carboxylic acids is 1. The monoisotopic (exact) mass is 450 g/mol. The molecule has 0 saturated carbocycles. The molecule has 0 unspecified atom stereocenters. The van der Waals surface area contributed by atoms with E-state index < -0.39 is 0 Å². The van der Waals surface area contributed by atoms with Gasteiger partial charge >= 0.3 is 0 Å². The predicted molar refractivity (Wildman–Crippen MR) is 127 cm³/mol. The summed E-state index contributed by atoms with van der Waals surface area (Å²) < 4.78 is 13.8. The molecule has 1 amide bonds. The summed E-state index contributed by atoms with van der Waals surface area (Å²) in [6, 6.07) is 13.7. The van der Waals surface area contributed by atoms with Crippen LogP contribution in [0.25, 0.3) is 26.4 Å². The third kappa shape index (κ3) is 4.34. The summed E-state index contributed by atoms with van der Waals surface area (Å²) >= 11 is 1.59. The molecular weight excluding hydrogens is 424 g/mol. The molecule has 1 aliphatic rings. The summed E-state index contributed by atoms with van der Waals surface area (Å²) in [6.07, 6.45) is 2.97. The second kappa shape index (κ2) is 9.28. The molecule has 0 radical (unpaired) electrons. The molecule has 4 aromatic rings. The first-order valence-corrected chi connectivity index (χ1v) is 11.7. The molecular formula is C24H26N4O3S. The number of carbonyl (C=O) groups is 1. The zero-order valence-electron chi connectivity index (χ0n) is 18.0. The van der Waals surface area contributed by atoms with Gasteiger partial charge in [0, 0.05) is 37.0 Å². The van der Waals surface area contributed by atoms with Crippen LogP contribution in [0.4, 0.5) is 0 Å². The SMILES string of the molecule is COc1cccc(-c2cn3c(n2)sc2cc(C(=O)NCCCN4CCOCC4)ccc23)c1. The third-order valence-corrected chi connectivity index (χ3v) is 6.78. The number of amides is 1. The van der Waals surface area contributed by atoms with Gasteiger partial charge in [0.25, 0.3) is 5.91 Å². The Bertz CT molecular complexity index is 1240. The van der Waals surface area contributed by atoms with E-state index >= 15 is 0 Å². The highest BCUT2D eigenvalue weighted by molar-refractivity contribution is 7.23. The van der Waals surface area contributed by atoms with Crippen LogP contribution in [0.2, 0.25) is 0 Å². The van der Waals surface area contributed by atoms with Gasteiger partial charge in [-0.05, 0) is 43.3 Å². The molecule has 2 aromatic carbocycles. The number of rotatable bonds is 7. The van der Waals surface area contributed by atoms with Crippen LogP contribution in [0, 0.1) is 0 Å². The van der Waals surface area contributed by atoms with E-state index in [0.717, 1.165) is 71.5 Å². The maximum absolute atomic E-state index is 12.6. The lowest BCUT2D eigenvalue weighted by atomic mass is 10.1. The Labute approximate surface area is 190 Å². The van der Waals surface area contributed by atoms with Crippen LogP contribution in [0.3, 0.4) is 0 Å². The number of aromatic nitrogens is 2. The summed E-state index contributed by atoms with van der Waals surface area (Å²) in [5, 5.41) is 3.05. The predicted octanol–water partition coefficient (Wildman–Crippen LogP) is 3.68. The van der Waals surface area contributed by atoms with Crippen LogP contribution in [-0.4, -0.2) is 66.7 Å². The van der Waals surface area contributed by atoms with E-state index in [2.05, 4.69) is 14.6 Å². The van der Waals surface area contributed by atoms with Crippen molar-refractivity contribution < 1.29 is 14.3 Å². The van der Waals surface area contributed by atoms with E-state index in [9.17, 15) is 4.79 Å². The van der Waals surface area contributed by atoms with Crippen LogP contribution in [0.5, 0.6) is 5.75 Å². The molecule has 1 fully saturated rings. The van der Waals surface area contributed by atoms with Gasteiger partial charge in [-0.1, -0.05) is 23.5 Å². The van der Waals surface area contributed by atoms with Crippen molar-refractivity contribution in [3.05, 3.63) is 54.2 Å². The van der Waals surface area contributed by atoms with Gasteiger partial charge in [0.05, 0.1) is 36.2 Å². The molecule has 7 nitrogen and oxygen atoms in total. The smallest absolute Gasteiger partial charge is 0.251 e. The largest absolute Gasteiger partial charge is 0.497 e. The van der Waals surface area contributed by atoms with Gasteiger partial charge < -0.3 is 14.8 Å². The van der Waals surface area contributed by atoms with E-state index in [4.69, 9.17) is 14.5 Å². The summed E-state index contributed by atoms with van der Waals surface area (Å²) in [5.74, 6) is 0.779. The Balaban J connectivity index is 1.27. The number of morpholine rings is 1. The zero-order valence-corrected chi connectivity index (χ0v) is 18.9. The number of hydrogen-bond acceptors (Lipinski definition) is 6. The minimum Gasteiger partial charge on any atom is -0.497 e. The van der Waals surface area contributed by atoms with Gasteiger partial charge in [-0.15, -0.1) is 0 Å². The number of benzene rings is 2. The van der Waals surface area contributed by atoms with Crippen molar-refractivity contribution in [2.45, 2.75) is 6.42 Å². The van der Waals surface area contributed by atoms with E-state index in [0.29, 0.717) is 12.1 Å². The maximum atomic E-state index is 12.6. The molecule has 1 saturated heterocycles. The van der Waals surface area contributed by atoms with Gasteiger partial charge in [0.15, 0.2) is 4.96 Å². The number of nitrogens with one attached hydrogen (secondary N) is 1. The lowest BCUT2D eigenvalue weighted by Gasteiger charge is -2.26. The van der Waals surface area contributed by atoms with Crippen LogP contribution in [0.15, 0.2) is 48.7 Å². The second-order valence-electron chi connectivity index (χ2n) is 7.86. The molecule has 32 heavy (non-hydrogen) atoms. The average molecular weight is 451 g/mol. The Kier molecular flexibility index (Phi) is 6.07. The molecule has 0 bridgehead atoms. The van der Waals surface area contributed by atoms with E-state index in [1.165, 1.54) is 0 Å². The standard InChI is InChI=1S/C24H26N4O3S/c1-30-19-5-2-4-17(14-19)20-16-28-21-7-6-18(15-22(21)32-24(28)26-20)23(29)25-8-3-9-27-10-12-31-13-11-27/h2,4-7,14-16H,3,8-13H2,1H3,(H,25,29). The van der Waals surface area contributed by atoms with Crippen molar-refractivity contribution >= 4 is 32.4 Å². The second-order valence-corrected chi connectivity index (χ2v) is 8.87. The van der Waals surface area contributed by atoms with E-state index in [1.54, 1.807) is 18.4 Å². The van der Waals surface area contributed by atoms with E-state index in [-0.39, 0.29) is 5.91 Å².